The molecule has 1 amide bonds. The highest BCUT2D eigenvalue weighted by atomic mass is 28.3. The highest BCUT2D eigenvalue weighted by Gasteiger charge is 2.59. The maximum atomic E-state index is 13.7. The molecule has 3 atom stereocenters. The number of rotatable bonds is 7. The molecule has 33 heavy (non-hydrogen) atoms. The fraction of sp³-hybridized carbons (Fsp3) is 0.259. The number of esters is 1. The second kappa shape index (κ2) is 9.23. The summed E-state index contributed by atoms with van der Waals surface area (Å²) in [6, 6.07) is 27.0. The van der Waals surface area contributed by atoms with Crippen molar-refractivity contribution >= 4 is 30.8 Å². The quantitative estimate of drug-likeness (QED) is 0.303. The number of nitrogens with zero attached hydrogens (tertiary/aromatic N) is 1. The molecule has 0 unspecified atom stereocenters. The largest absolute Gasteiger partial charge is 0.497 e. The van der Waals surface area contributed by atoms with E-state index < -0.39 is 26.0 Å². The average molecular weight is 460 g/mol. The zero-order valence-electron chi connectivity index (χ0n) is 19.4. The molecule has 0 N–H and O–H groups in total. The predicted molar refractivity (Wildman–Crippen MR) is 133 cm³/mol. The SMILES string of the molecule is COC(=O)[C@@H]1[C@@H]([C@H](c2ccccc2)[Si](C)(C)c2ccccc2)C(=O)N1c1ccc(OC)cc1. The fourth-order valence-electron chi connectivity index (χ4n) is 5.02. The average Bonchev–Trinajstić information content (AvgIpc) is 2.86. The lowest BCUT2D eigenvalue weighted by Gasteiger charge is -2.51. The molecule has 170 valence electrons. The van der Waals surface area contributed by atoms with Crippen LogP contribution in [0.5, 0.6) is 5.75 Å². The molecular weight excluding hydrogens is 430 g/mol. The van der Waals surface area contributed by atoms with Crippen molar-refractivity contribution in [2.45, 2.75) is 24.7 Å². The van der Waals surface area contributed by atoms with Crippen LogP contribution < -0.4 is 14.8 Å². The third kappa shape index (κ3) is 4.07. The van der Waals surface area contributed by atoms with Gasteiger partial charge < -0.3 is 9.47 Å². The Labute approximate surface area is 196 Å². The van der Waals surface area contributed by atoms with Gasteiger partial charge in [-0.3, -0.25) is 9.69 Å². The van der Waals surface area contributed by atoms with Crippen LogP contribution in [0.4, 0.5) is 5.69 Å². The Hall–Kier alpha value is -3.38. The van der Waals surface area contributed by atoms with Gasteiger partial charge in [0.05, 0.1) is 28.2 Å². The summed E-state index contributed by atoms with van der Waals surface area (Å²) in [5, 5.41) is 1.25. The van der Waals surface area contributed by atoms with E-state index in [2.05, 4.69) is 37.4 Å². The third-order valence-corrected chi connectivity index (χ3v) is 10.8. The van der Waals surface area contributed by atoms with Crippen LogP contribution in [0.3, 0.4) is 0 Å². The van der Waals surface area contributed by atoms with Crippen LogP contribution in [0.2, 0.25) is 13.1 Å². The number of amides is 1. The van der Waals surface area contributed by atoms with Crippen molar-refractivity contribution in [1.29, 1.82) is 0 Å². The van der Waals surface area contributed by atoms with Crippen LogP contribution in [-0.2, 0) is 14.3 Å². The Balaban J connectivity index is 1.80. The molecule has 1 heterocycles. The topological polar surface area (TPSA) is 55.8 Å². The maximum Gasteiger partial charge on any atom is 0.329 e. The molecule has 0 saturated carbocycles. The van der Waals surface area contributed by atoms with Gasteiger partial charge in [-0.05, 0) is 35.4 Å². The number of benzene rings is 3. The summed E-state index contributed by atoms with van der Waals surface area (Å²) in [4.78, 5) is 28.4. The number of ether oxygens (including phenoxy) is 2. The summed E-state index contributed by atoms with van der Waals surface area (Å²) < 4.78 is 10.4. The lowest BCUT2D eigenvalue weighted by Crippen LogP contribution is -2.70. The van der Waals surface area contributed by atoms with E-state index in [9.17, 15) is 9.59 Å². The fourth-order valence-corrected chi connectivity index (χ4v) is 8.68. The van der Waals surface area contributed by atoms with Gasteiger partial charge in [0, 0.05) is 5.69 Å². The first kappa shape index (κ1) is 22.8. The van der Waals surface area contributed by atoms with E-state index in [0.29, 0.717) is 11.4 Å². The second-order valence-electron chi connectivity index (χ2n) is 8.88. The third-order valence-electron chi connectivity index (χ3n) is 6.75. The number of carbonyl (C=O) groups excluding carboxylic acids is 2. The monoisotopic (exact) mass is 459 g/mol. The van der Waals surface area contributed by atoms with Gasteiger partial charge >= 0.3 is 5.97 Å². The molecule has 0 bridgehead atoms. The Morgan fingerprint density at radius 3 is 2.00 bits per heavy atom. The maximum absolute atomic E-state index is 13.7. The van der Waals surface area contributed by atoms with Gasteiger partial charge in [0.2, 0.25) is 5.91 Å². The number of methoxy groups -OCH3 is 2. The van der Waals surface area contributed by atoms with Gasteiger partial charge in [0.15, 0.2) is 0 Å². The van der Waals surface area contributed by atoms with Gasteiger partial charge in [0.1, 0.15) is 11.8 Å². The van der Waals surface area contributed by atoms with Gasteiger partial charge in [-0.2, -0.15) is 0 Å². The predicted octanol–water partition coefficient (Wildman–Crippen LogP) is 4.14. The van der Waals surface area contributed by atoms with Crippen molar-refractivity contribution in [3.05, 3.63) is 90.5 Å². The minimum Gasteiger partial charge on any atom is -0.497 e. The van der Waals surface area contributed by atoms with Crippen molar-refractivity contribution in [2.24, 2.45) is 5.92 Å². The number of hydrogen-bond acceptors (Lipinski definition) is 4. The second-order valence-corrected chi connectivity index (χ2v) is 13.5. The van der Waals surface area contributed by atoms with Crippen molar-refractivity contribution < 1.29 is 19.1 Å². The summed E-state index contributed by atoms with van der Waals surface area (Å²) >= 11 is 0. The normalized spacial score (nSPS) is 18.9. The highest BCUT2D eigenvalue weighted by molar-refractivity contribution is 6.91. The van der Waals surface area contributed by atoms with E-state index in [0.717, 1.165) is 5.56 Å². The van der Waals surface area contributed by atoms with Crippen molar-refractivity contribution in [2.75, 3.05) is 19.1 Å². The van der Waals surface area contributed by atoms with Crippen LogP contribution in [-0.4, -0.2) is 40.2 Å². The molecule has 3 aromatic carbocycles. The van der Waals surface area contributed by atoms with Crippen LogP contribution in [0.15, 0.2) is 84.9 Å². The molecule has 5 nitrogen and oxygen atoms in total. The van der Waals surface area contributed by atoms with Crippen molar-refractivity contribution in [3.63, 3.8) is 0 Å². The molecule has 1 aliphatic rings. The summed E-state index contributed by atoms with van der Waals surface area (Å²) in [5.74, 6) is -0.253. The summed E-state index contributed by atoms with van der Waals surface area (Å²) in [6.45, 7) is 4.55. The zero-order chi connectivity index (χ0) is 23.6. The first-order valence-corrected chi connectivity index (χ1v) is 14.1. The molecule has 3 aromatic rings. The van der Waals surface area contributed by atoms with Gasteiger partial charge in [-0.1, -0.05) is 78.9 Å². The van der Waals surface area contributed by atoms with E-state index in [-0.39, 0.29) is 11.4 Å². The van der Waals surface area contributed by atoms with E-state index in [1.807, 2.05) is 36.4 Å². The number of hydrogen-bond donors (Lipinski definition) is 0. The molecule has 1 saturated heterocycles. The van der Waals surface area contributed by atoms with E-state index >= 15 is 0 Å². The van der Waals surface area contributed by atoms with Crippen LogP contribution in [0.1, 0.15) is 11.1 Å². The molecule has 6 heteroatoms. The van der Waals surface area contributed by atoms with Gasteiger partial charge in [0.25, 0.3) is 0 Å². The number of β-lactam (4-membered cyclic amide) rings is 1. The van der Waals surface area contributed by atoms with Crippen LogP contribution in [0, 0.1) is 5.92 Å². The Kier molecular flexibility index (Phi) is 6.38. The van der Waals surface area contributed by atoms with Gasteiger partial charge in [-0.25, -0.2) is 4.79 Å². The number of anilines is 1. The summed E-state index contributed by atoms with van der Waals surface area (Å²) in [6.07, 6.45) is 0. The molecular formula is C27H29NO4Si. The number of carbonyl (C=O) groups is 2. The smallest absolute Gasteiger partial charge is 0.329 e. The van der Waals surface area contributed by atoms with Crippen molar-refractivity contribution in [3.8, 4) is 5.75 Å². The molecule has 0 aromatic heterocycles. The van der Waals surface area contributed by atoms with Crippen molar-refractivity contribution in [1.82, 2.24) is 0 Å². The van der Waals surface area contributed by atoms with E-state index in [4.69, 9.17) is 9.47 Å². The van der Waals surface area contributed by atoms with Crippen LogP contribution >= 0.6 is 0 Å². The summed E-state index contributed by atoms with van der Waals surface area (Å²) in [5.41, 5.74) is 1.66. The zero-order valence-corrected chi connectivity index (χ0v) is 20.4. The Morgan fingerprint density at radius 2 is 1.45 bits per heavy atom. The molecule has 0 spiro atoms. The minimum absolute atomic E-state index is 0.0547. The molecule has 0 aliphatic carbocycles. The minimum atomic E-state index is -2.25. The lowest BCUT2D eigenvalue weighted by molar-refractivity contribution is -0.152. The molecule has 1 fully saturated rings. The van der Waals surface area contributed by atoms with E-state index in [1.54, 1.807) is 36.3 Å². The summed E-state index contributed by atoms with van der Waals surface area (Å²) in [7, 11) is 0.730. The lowest BCUT2D eigenvalue weighted by atomic mass is 9.81. The highest BCUT2D eigenvalue weighted by Crippen LogP contribution is 2.46. The van der Waals surface area contributed by atoms with Gasteiger partial charge in [-0.15, -0.1) is 0 Å². The van der Waals surface area contributed by atoms with E-state index in [1.165, 1.54) is 12.3 Å². The van der Waals surface area contributed by atoms with Crippen LogP contribution in [0.25, 0.3) is 0 Å². The molecule has 4 rings (SSSR count). The molecule has 1 aliphatic heterocycles. The first-order valence-electron chi connectivity index (χ1n) is 11.1. The standard InChI is InChI=1S/C27H29NO4Si/c1-31-21-17-15-20(16-18-21)28-24(27(30)32-2)23(26(28)29)25(19-11-7-5-8-12-19)33(3,4)22-13-9-6-10-14-22/h5-18,23-25H,1-4H3/t23-,24-,25-/m0/s1. The Bertz CT molecular complexity index is 1120. The first-order chi connectivity index (χ1) is 15.9. The Morgan fingerprint density at radius 1 is 0.879 bits per heavy atom. The molecule has 0 radical (unpaired) electrons.